The molecule has 124 valence electrons. The monoisotopic (exact) mass is 344 g/mol. The van der Waals surface area contributed by atoms with E-state index in [4.69, 9.17) is 10.00 Å². The van der Waals surface area contributed by atoms with Crippen LogP contribution in [0.4, 0.5) is 4.39 Å². The van der Waals surface area contributed by atoms with Gasteiger partial charge in [0.25, 0.3) is 0 Å². The number of halogens is 1. The summed E-state index contributed by atoms with van der Waals surface area (Å²) < 4.78 is 19.5. The molecule has 2 heterocycles. The van der Waals surface area contributed by atoms with Crippen molar-refractivity contribution in [2.24, 2.45) is 0 Å². The van der Waals surface area contributed by atoms with Gasteiger partial charge in [-0.25, -0.2) is 4.39 Å². The van der Waals surface area contributed by atoms with Crippen molar-refractivity contribution in [1.29, 1.82) is 5.26 Å². The number of rotatable bonds is 5. The lowest BCUT2D eigenvalue weighted by molar-refractivity contribution is -0.0129. The lowest BCUT2D eigenvalue weighted by Gasteiger charge is -2.35. The van der Waals surface area contributed by atoms with Gasteiger partial charge in [-0.3, -0.25) is 9.69 Å². The smallest absolute Gasteiger partial charge is 0.174 e. The van der Waals surface area contributed by atoms with Gasteiger partial charge < -0.3 is 4.74 Å². The molecule has 3 rings (SSSR count). The van der Waals surface area contributed by atoms with Crippen molar-refractivity contribution in [2.45, 2.75) is 19.0 Å². The van der Waals surface area contributed by atoms with Gasteiger partial charge in [-0.1, -0.05) is 6.07 Å². The third-order valence-corrected chi connectivity index (χ3v) is 5.03. The second-order valence-corrected chi connectivity index (χ2v) is 6.67. The van der Waals surface area contributed by atoms with E-state index in [1.54, 1.807) is 6.07 Å². The van der Waals surface area contributed by atoms with E-state index in [9.17, 15) is 9.18 Å². The summed E-state index contributed by atoms with van der Waals surface area (Å²) in [5.74, 6) is -0.249. The van der Waals surface area contributed by atoms with Crippen LogP contribution < -0.4 is 0 Å². The number of benzene rings is 1. The predicted octanol–water partition coefficient (Wildman–Crippen LogP) is 3.23. The Bertz CT molecular complexity index is 755. The molecule has 1 aliphatic heterocycles. The molecule has 0 saturated carbocycles. The molecule has 4 nitrogen and oxygen atoms in total. The number of ketones is 1. The number of nitrogens with zero attached hydrogens (tertiary/aromatic N) is 2. The van der Waals surface area contributed by atoms with Gasteiger partial charge in [0.2, 0.25) is 0 Å². The van der Waals surface area contributed by atoms with E-state index in [0.717, 1.165) is 4.88 Å². The quantitative estimate of drug-likeness (QED) is 0.782. The van der Waals surface area contributed by atoms with Gasteiger partial charge in [0.1, 0.15) is 5.82 Å². The van der Waals surface area contributed by atoms with Crippen LogP contribution in [0.25, 0.3) is 0 Å². The van der Waals surface area contributed by atoms with E-state index in [2.05, 4.69) is 4.90 Å². The number of thiophene rings is 1. The fraction of sp³-hybridized carbons (Fsp3) is 0.333. The molecule has 1 saturated heterocycles. The van der Waals surface area contributed by atoms with E-state index in [1.807, 2.05) is 23.6 Å². The summed E-state index contributed by atoms with van der Waals surface area (Å²) in [6.45, 7) is 2.02. The molecule has 0 radical (unpaired) electrons. The molecule has 1 aliphatic rings. The normalized spacial score (nSPS) is 18.2. The van der Waals surface area contributed by atoms with Crippen molar-refractivity contribution < 1.29 is 13.9 Å². The number of nitriles is 1. The maximum absolute atomic E-state index is 14.0. The van der Waals surface area contributed by atoms with Gasteiger partial charge in [0, 0.05) is 31.1 Å². The molecule has 2 aromatic rings. The molecular formula is C18H17FN2O2S. The van der Waals surface area contributed by atoms with Crippen LogP contribution in [0.2, 0.25) is 0 Å². The second-order valence-electron chi connectivity index (χ2n) is 5.72. The molecule has 6 heteroatoms. The highest BCUT2D eigenvalue weighted by atomic mass is 32.1. The molecule has 0 unspecified atom stereocenters. The van der Waals surface area contributed by atoms with Crippen LogP contribution in [0.15, 0.2) is 35.7 Å². The summed E-state index contributed by atoms with van der Waals surface area (Å²) in [4.78, 5) is 15.1. The first-order valence-corrected chi connectivity index (χ1v) is 8.62. The minimum atomic E-state index is -0.330. The van der Waals surface area contributed by atoms with Crippen LogP contribution in [-0.2, 0) is 11.3 Å². The highest BCUT2D eigenvalue weighted by molar-refractivity contribution is 7.12. The minimum Gasteiger partial charge on any atom is -0.378 e. The van der Waals surface area contributed by atoms with Crippen LogP contribution in [0, 0.1) is 17.1 Å². The van der Waals surface area contributed by atoms with Gasteiger partial charge in [-0.05, 0) is 29.6 Å². The van der Waals surface area contributed by atoms with Gasteiger partial charge in [-0.2, -0.15) is 5.26 Å². The van der Waals surface area contributed by atoms with Gasteiger partial charge >= 0.3 is 0 Å². The SMILES string of the molecule is N#Cc1ccc(F)c(CN2CCOC[C@@H]2CC(=O)c2cccs2)c1. The van der Waals surface area contributed by atoms with Crippen LogP contribution in [0.3, 0.4) is 0 Å². The van der Waals surface area contributed by atoms with E-state index in [0.29, 0.717) is 43.9 Å². The van der Waals surface area contributed by atoms with Crippen molar-refractivity contribution in [2.75, 3.05) is 19.8 Å². The highest BCUT2D eigenvalue weighted by Crippen LogP contribution is 2.21. The van der Waals surface area contributed by atoms with Gasteiger partial charge in [0.15, 0.2) is 5.78 Å². The topological polar surface area (TPSA) is 53.3 Å². The Morgan fingerprint density at radius 1 is 1.46 bits per heavy atom. The Labute approximate surface area is 144 Å². The third kappa shape index (κ3) is 3.88. The summed E-state index contributed by atoms with van der Waals surface area (Å²) in [7, 11) is 0. The average molecular weight is 344 g/mol. The number of Topliss-reactive ketones (excluding diaryl/α,β-unsaturated/α-hetero) is 1. The third-order valence-electron chi connectivity index (χ3n) is 4.11. The lowest BCUT2D eigenvalue weighted by atomic mass is 10.0. The number of carbonyl (C=O) groups is 1. The molecular weight excluding hydrogens is 327 g/mol. The maximum atomic E-state index is 14.0. The first kappa shape index (κ1) is 16.8. The van der Waals surface area contributed by atoms with E-state index < -0.39 is 0 Å². The van der Waals surface area contributed by atoms with Crippen LogP contribution in [0.5, 0.6) is 0 Å². The standard InChI is InChI=1S/C18H17FN2O2S/c19-16-4-3-13(10-20)8-14(16)11-21-5-6-23-12-15(21)9-17(22)18-2-1-7-24-18/h1-4,7-8,15H,5-6,9,11-12H2/t15-/m0/s1. The van der Waals surface area contributed by atoms with Crippen molar-refractivity contribution in [1.82, 2.24) is 4.90 Å². The molecule has 1 fully saturated rings. The minimum absolute atomic E-state index is 0.0803. The molecule has 0 bridgehead atoms. The summed E-state index contributed by atoms with van der Waals surface area (Å²) in [5.41, 5.74) is 0.912. The molecule has 0 aliphatic carbocycles. The van der Waals surface area contributed by atoms with Crippen molar-refractivity contribution >= 4 is 17.1 Å². The van der Waals surface area contributed by atoms with Crippen molar-refractivity contribution in [3.63, 3.8) is 0 Å². The lowest BCUT2D eigenvalue weighted by Crippen LogP contribution is -2.46. The van der Waals surface area contributed by atoms with Crippen molar-refractivity contribution in [3.8, 4) is 6.07 Å². The molecule has 1 atom stereocenters. The number of carbonyl (C=O) groups excluding carboxylic acids is 1. The zero-order valence-electron chi connectivity index (χ0n) is 13.1. The van der Waals surface area contributed by atoms with E-state index >= 15 is 0 Å². The Balaban J connectivity index is 1.73. The number of morpholine rings is 1. The zero-order valence-corrected chi connectivity index (χ0v) is 13.9. The molecule has 24 heavy (non-hydrogen) atoms. The van der Waals surface area contributed by atoms with Crippen molar-refractivity contribution in [3.05, 3.63) is 57.5 Å². The number of hydrogen-bond donors (Lipinski definition) is 0. The molecule has 1 aromatic carbocycles. The summed E-state index contributed by atoms with van der Waals surface area (Å²) >= 11 is 1.43. The number of hydrogen-bond acceptors (Lipinski definition) is 5. The molecule has 0 N–H and O–H groups in total. The first-order chi connectivity index (χ1) is 11.7. The first-order valence-electron chi connectivity index (χ1n) is 7.74. The maximum Gasteiger partial charge on any atom is 0.174 e. The summed E-state index contributed by atoms with van der Waals surface area (Å²) in [6.07, 6.45) is 0.347. The van der Waals surface area contributed by atoms with Gasteiger partial charge in [-0.15, -0.1) is 11.3 Å². The van der Waals surface area contributed by atoms with E-state index in [-0.39, 0.29) is 17.6 Å². The van der Waals surface area contributed by atoms with E-state index in [1.165, 1.54) is 23.5 Å². The highest BCUT2D eigenvalue weighted by Gasteiger charge is 2.27. The summed E-state index contributed by atoms with van der Waals surface area (Å²) in [5, 5.41) is 10.9. The Morgan fingerprint density at radius 2 is 2.33 bits per heavy atom. The van der Waals surface area contributed by atoms with Gasteiger partial charge in [0.05, 0.1) is 29.7 Å². The van der Waals surface area contributed by atoms with Crippen LogP contribution >= 0.6 is 11.3 Å². The zero-order chi connectivity index (χ0) is 16.9. The largest absolute Gasteiger partial charge is 0.378 e. The molecule has 1 aromatic heterocycles. The molecule has 0 spiro atoms. The second kappa shape index (κ2) is 7.67. The summed E-state index contributed by atoms with van der Waals surface area (Å²) in [6, 6.07) is 9.98. The average Bonchev–Trinajstić information content (AvgIpc) is 3.13. The Morgan fingerprint density at radius 3 is 3.08 bits per heavy atom. The van der Waals surface area contributed by atoms with Crippen LogP contribution in [-0.4, -0.2) is 36.5 Å². The fourth-order valence-corrected chi connectivity index (χ4v) is 3.50. The molecule has 0 amide bonds. The number of ether oxygens (including phenoxy) is 1. The van der Waals surface area contributed by atoms with Crippen LogP contribution in [0.1, 0.15) is 27.2 Å². The fourth-order valence-electron chi connectivity index (χ4n) is 2.82. The Kier molecular flexibility index (Phi) is 5.36. The Hall–Kier alpha value is -2.07. The predicted molar refractivity (Wildman–Crippen MR) is 89.4 cm³/mol.